The van der Waals surface area contributed by atoms with Crippen molar-refractivity contribution in [2.75, 3.05) is 26.3 Å². The van der Waals surface area contributed by atoms with Gasteiger partial charge in [0.05, 0.1) is 19.6 Å². The lowest BCUT2D eigenvalue weighted by molar-refractivity contribution is -0.144. The number of nitrogens with zero attached hydrogens (tertiary/aromatic N) is 1. The molecule has 0 heterocycles. The van der Waals surface area contributed by atoms with Crippen molar-refractivity contribution in [1.29, 1.82) is 0 Å². The number of ether oxygens (including phenoxy) is 2. The lowest BCUT2D eigenvalue weighted by Crippen LogP contribution is -2.54. The molecule has 0 saturated heterocycles. The fourth-order valence-corrected chi connectivity index (χ4v) is 3.85. The van der Waals surface area contributed by atoms with Crippen molar-refractivity contribution in [2.24, 2.45) is 0 Å². The second-order valence-corrected chi connectivity index (χ2v) is 10.3. The van der Waals surface area contributed by atoms with Crippen molar-refractivity contribution in [3.05, 3.63) is 29.3 Å². The molecule has 3 amide bonds. The highest BCUT2D eigenvalue weighted by Crippen LogP contribution is 2.27. The van der Waals surface area contributed by atoms with E-state index in [4.69, 9.17) is 9.47 Å². The summed E-state index contributed by atoms with van der Waals surface area (Å²) >= 11 is 0. The van der Waals surface area contributed by atoms with Gasteiger partial charge in [-0.05, 0) is 64.3 Å². The fourth-order valence-electron chi connectivity index (χ4n) is 3.85. The molecule has 11 heteroatoms. The number of alkyl carbamates (subject to hydrolysis) is 1. The van der Waals surface area contributed by atoms with Gasteiger partial charge in [-0.3, -0.25) is 14.4 Å². The molecule has 220 valence electrons. The number of aliphatic hydroxyl groups excluding tert-OH is 1. The van der Waals surface area contributed by atoms with E-state index in [1.54, 1.807) is 46.8 Å². The maximum Gasteiger partial charge on any atom is 0.408 e. The third-order valence-corrected chi connectivity index (χ3v) is 5.74. The van der Waals surface area contributed by atoms with E-state index >= 15 is 0 Å². The molecule has 2 unspecified atom stereocenters. The van der Waals surface area contributed by atoms with Crippen LogP contribution in [0.2, 0.25) is 0 Å². The number of rotatable bonds is 15. The molecule has 1 rings (SSSR count). The quantitative estimate of drug-likeness (QED) is 0.191. The van der Waals surface area contributed by atoms with E-state index in [2.05, 4.69) is 17.6 Å². The summed E-state index contributed by atoms with van der Waals surface area (Å²) in [5.74, 6) is -1.66. The largest absolute Gasteiger partial charge is 0.508 e. The number of aliphatic hydroxyl groups is 1. The number of nitrogens with one attached hydrogen (secondary N) is 2. The predicted molar refractivity (Wildman–Crippen MR) is 146 cm³/mol. The molecule has 0 aliphatic heterocycles. The highest BCUT2D eigenvalue weighted by Gasteiger charge is 2.36. The van der Waals surface area contributed by atoms with Crippen LogP contribution < -0.4 is 10.6 Å². The average Bonchev–Trinajstić information content (AvgIpc) is 2.85. The maximum atomic E-state index is 13.8. The highest BCUT2D eigenvalue weighted by atomic mass is 16.6. The number of hydrogen-bond acceptors (Lipinski definition) is 8. The van der Waals surface area contributed by atoms with E-state index in [1.807, 2.05) is 0 Å². The lowest BCUT2D eigenvalue weighted by Gasteiger charge is -2.34. The third kappa shape index (κ3) is 11.9. The molecular weight excluding hydrogens is 506 g/mol. The zero-order valence-electron chi connectivity index (χ0n) is 24.0. The lowest BCUT2D eigenvalue weighted by atomic mass is 9.99. The number of amides is 3. The second kappa shape index (κ2) is 16.6. The van der Waals surface area contributed by atoms with Crippen LogP contribution in [0.1, 0.15) is 83.9 Å². The summed E-state index contributed by atoms with van der Waals surface area (Å²) in [5.41, 5.74) is 0.107. The first-order chi connectivity index (χ1) is 18.3. The van der Waals surface area contributed by atoms with Crippen LogP contribution in [-0.4, -0.2) is 76.9 Å². The molecule has 0 aromatic heterocycles. The molecule has 1 aromatic carbocycles. The van der Waals surface area contributed by atoms with Gasteiger partial charge >= 0.3 is 12.1 Å². The summed E-state index contributed by atoms with van der Waals surface area (Å²) in [4.78, 5) is 52.8. The predicted octanol–water partition coefficient (Wildman–Crippen LogP) is 3.11. The van der Waals surface area contributed by atoms with E-state index in [0.29, 0.717) is 17.5 Å². The molecule has 0 aliphatic rings. The van der Waals surface area contributed by atoms with Gasteiger partial charge in [-0.2, -0.15) is 0 Å². The Morgan fingerprint density at radius 2 is 1.77 bits per heavy atom. The van der Waals surface area contributed by atoms with Crippen LogP contribution in [0.15, 0.2) is 18.2 Å². The van der Waals surface area contributed by atoms with Crippen molar-refractivity contribution < 1.29 is 38.9 Å². The van der Waals surface area contributed by atoms with Gasteiger partial charge in [0.25, 0.3) is 0 Å². The first-order valence-corrected chi connectivity index (χ1v) is 13.5. The monoisotopic (exact) mass is 551 g/mol. The summed E-state index contributed by atoms with van der Waals surface area (Å²) in [6.45, 7) is 10.1. The second-order valence-electron chi connectivity index (χ2n) is 10.3. The van der Waals surface area contributed by atoms with E-state index in [9.17, 15) is 29.4 Å². The van der Waals surface area contributed by atoms with Gasteiger partial charge in [0.1, 0.15) is 23.4 Å². The number of aryl methyl sites for hydroxylation is 1. The summed E-state index contributed by atoms with van der Waals surface area (Å²) in [5, 5.41) is 25.2. The van der Waals surface area contributed by atoms with Crippen LogP contribution in [0.4, 0.5) is 4.79 Å². The number of phenolic OH excluding ortho intramolecular Hbond substituents is 1. The number of hydrogen-bond donors (Lipinski definition) is 4. The van der Waals surface area contributed by atoms with E-state index in [0.717, 1.165) is 19.3 Å². The van der Waals surface area contributed by atoms with Gasteiger partial charge in [-0.25, -0.2) is 4.79 Å². The number of aromatic hydroxyl groups is 1. The maximum absolute atomic E-state index is 13.8. The normalized spacial score (nSPS) is 12.7. The Labute approximate surface area is 231 Å². The molecule has 11 nitrogen and oxygen atoms in total. The first-order valence-electron chi connectivity index (χ1n) is 13.5. The Kier molecular flexibility index (Phi) is 14.3. The number of carbonyl (C=O) groups excluding carboxylic acids is 4. The van der Waals surface area contributed by atoms with Gasteiger partial charge in [-0.15, -0.1) is 0 Å². The minimum Gasteiger partial charge on any atom is -0.508 e. The Balaban J connectivity index is 3.38. The van der Waals surface area contributed by atoms with Crippen molar-refractivity contribution >= 4 is 23.9 Å². The number of esters is 1. The smallest absolute Gasteiger partial charge is 0.408 e. The molecule has 0 bridgehead atoms. The molecular formula is C28H45N3O8. The van der Waals surface area contributed by atoms with E-state index in [1.165, 1.54) is 11.0 Å². The fraction of sp³-hybridized carbons (Fsp3) is 0.643. The van der Waals surface area contributed by atoms with Crippen molar-refractivity contribution in [2.45, 2.75) is 91.3 Å². The molecule has 0 radical (unpaired) electrons. The highest BCUT2D eigenvalue weighted by molar-refractivity contribution is 5.92. The molecule has 0 spiro atoms. The van der Waals surface area contributed by atoms with Crippen molar-refractivity contribution in [3.8, 4) is 5.75 Å². The minimum atomic E-state index is -1.36. The average molecular weight is 552 g/mol. The molecule has 0 aliphatic carbocycles. The number of benzene rings is 1. The number of carbonyl (C=O) groups is 4. The zero-order chi connectivity index (χ0) is 29.6. The topological polar surface area (TPSA) is 154 Å². The van der Waals surface area contributed by atoms with Crippen LogP contribution in [0.3, 0.4) is 0 Å². The number of unbranched alkanes of at least 4 members (excludes halogenated alkanes) is 3. The van der Waals surface area contributed by atoms with Crippen molar-refractivity contribution in [1.82, 2.24) is 15.5 Å². The van der Waals surface area contributed by atoms with Crippen LogP contribution in [-0.2, 0) is 23.9 Å². The van der Waals surface area contributed by atoms with Crippen LogP contribution >= 0.6 is 0 Å². The van der Waals surface area contributed by atoms with Gasteiger partial charge < -0.3 is 35.2 Å². The van der Waals surface area contributed by atoms with Crippen LogP contribution in [0, 0.1) is 6.92 Å². The van der Waals surface area contributed by atoms with Gasteiger partial charge in [0, 0.05) is 13.1 Å². The van der Waals surface area contributed by atoms with E-state index < -0.39 is 48.2 Å². The summed E-state index contributed by atoms with van der Waals surface area (Å²) in [6, 6.07) is 2.06. The van der Waals surface area contributed by atoms with E-state index in [-0.39, 0.29) is 31.9 Å². The molecule has 0 saturated carbocycles. The summed E-state index contributed by atoms with van der Waals surface area (Å²) < 4.78 is 10.2. The van der Waals surface area contributed by atoms with Gasteiger partial charge in [-0.1, -0.05) is 32.3 Å². The Morgan fingerprint density at radius 1 is 1.08 bits per heavy atom. The Hall–Kier alpha value is -3.34. The molecule has 2 atom stereocenters. The Bertz CT molecular complexity index is 961. The molecule has 39 heavy (non-hydrogen) atoms. The molecule has 1 aromatic rings. The summed E-state index contributed by atoms with van der Waals surface area (Å²) in [7, 11) is 0. The SMILES string of the molecule is CCCCCCN(C(=O)C(CO)NC(=O)OC(C)(C)C)C(C(=O)NCCC(=O)OCC)c1ccc(O)c(C)c1. The Morgan fingerprint density at radius 3 is 2.33 bits per heavy atom. The van der Waals surface area contributed by atoms with Crippen LogP contribution in [0.25, 0.3) is 0 Å². The zero-order valence-corrected chi connectivity index (χ0v) is 24.0. The van der Waals surface area contributed by atoms with Crippen molar-refractivity contribution in [3.63, 3.8) is 0 Å². The van der Waals surface area contributed by atoms with Crippen LogP contribution in [0.5, 0.6) is 5.75 Å². The first kappa shape index (κ1) is 33.7. The summed E-state index contributed by atoms with van der Waals surface area (Å²) in [6.07, 6.45) is 2.34. The third-order valence-electron chi connectivity index (χ3n) is 5.74. The molecule has 0 fully saturated rings. The minimum absolute atomic E-state index is 0.0112. The molecule has 4 N–H and O–H groups in total. The number of phenols is 1. The van der Waals surface area contributed by atoms with Gasteiger partial charge in [0.15, 0.2) is 0 Å². The standard InChI is InChI=1S/C28H45N3O8/c1-7-9-10-11-16-31(26(36)21(18-32)30-27(37)39-28(4,5)6)24(20-12-13-22(33)19(3)17-20)25(35)29-15-14-23(34)38-8-2/h12-13,17,21,24,32-33H,7-11,14-16,18H2,1-6H3,(H,29,35)(H,30,37). The van der Waals surface area contributed by atoms with Gasteiger partial charge in [0.2, 0.25) is 11.8 Å².